The molecule has 0 aliphatic carbocycles. The first-order valence-electron chi connectivity index (χ1n) is 13.9. The molecule has 4 amide bonds. The van der Waals surface area contributed by atoms with Crippen LogP contribution < -0.4 is 5.32 Å². The molecule has 3 aromatic rings. The SMILES string of the molecule is Cc1cccc(CN(C(=O)CCCN2C(=O)c3ccccc3C2=O)[C@H](Cc2ccccc2)C(=O)NCC(C)C)c1. The maximum atomic E-state index is 13.8. The molecule has 0 spiro atoms. The van der Waals surface area contributed by atoms with E-state index in [2.05, 4.69) is 5.32 Å². The molecule has 0 bridgehead atoms. The number of imide groups is 1. The highest BCUT2D eigenvalue weighted by Gasteiger charge is 2.35. The third-order valence-electron chi connectivity index (χ3n) is 7.04. The minimum atomic E-state index is -0.714. The zero-order valence-corrected chi connectivity index (χ0v) is 23.4. The second-order valence-electron chi connectivity index (χ2n) is 10.8. The lowest BCUT2D eigenvalue weighted by Gasteiger charge is -2.32. The van der Waals surface area contributed by atoms with E-state index in [-0.39, 0.29) is 49.1 Å². The molecule has 0 unspecified atom stereocenters. The molecule has 1 aliphatic rings. The first-order chi connectivity index (χ1) is 19.2. The fourth-order valence-electron chi connectivity index (χ4n) is 4.96. The Morgan fingerprint density at radius 2 is 1.48 bits per heavy atom. The van der Waals surface area contributed by atoms with E-state index in [9.17, 15) is 19.2 Å². The second kappa shape index (κ2) is 13.2. The summed E-state index contributed by atoms with van der Waals surface area (Å²) < 4.78 is 0. The van der Waals surface area contributed by atoms with Crippen LogP contribution in [0.25, 0.3) is 0 Å². The van der Waals surface area contributed by atoms with Crippen molar-refractivity contribution in [3.8, 4) is 0 Å². The number of nitrogens with one attached hydrogen (secondary N) is 1. The van der Waals surface area contributed by atoms with Crippen LogP contribution in [0.4, 0.5) is 0 Å². The fourth-order valence-corrected chi connectivity index (χ4v) is 4.96. The lowest BCUT2D eigenvalue weighted by atomic mass is 10.0. The van der Waals surface area contributed by atoms with Gasteiger partial charge < -0.3 is 10.2 Å². The summed E-state index contributed by atoms with van der Waals surface area (Å²) in [6.07, 6.45) is 0.781. The fraction of sp³-hybridized carbons (Fsp3) is 0.333. The summed E-state index contributed by atoms with van der Waals surface area (Å²) in [6.45, 7) is 6.98. The number of fused-ring (bicyclic) bond motifs is 1. The molecular weight excluding hydrogens is 502 g/mol. The molecule has 7 heteroatoms. The Morgan fingerprint density at radius 1 is 0.850 bits per heavy atom. The highest BCUT2D eigenvalue weighted by atomic mass is 16.2. The van der Waals surface area contributed by atoms with Crippen molar-refractivity contribution in [2.75, 3.05) is 13.1 Å². The molecule has 1 N–H and O–H groups in total. The Balaban J connectivity index is 1.54. The van der Waals surface area contributed by atoms with E-state index < -0.39 is 6.04 Å². The number of benzene rings is 3. The minimum absolute atomic E-state index is 0.0992. The zero-order valence-electron chi connectivity index (χ0n) is 23.4. The summed E-state index contributed by atoms with van der Waals surface area (Å²) >= 11 is 0. The van der Waals surface area contributed by atoms with E-state index in [0.29, 0.717) is 30.5 Å². The summed E-state index contributed by atoms with van der Waals surface area (Å²) in [6, 6.07) is 23.6. The molecule has 0 aromatic heterocycles. The molecule has 7 nitrogen and oxygen atoms in total. The van der Waals surface area contributed by atoms with Gasteiger partial charge in [0.05, 0.1) is 11.1 Å². The van der Waals surface area contributed by atoms with Crippen LogP contribution >= 0.6 is 0 Å². The standard InChI is InChI=1S/C33H37N3O4/c1-23(2)21-34-31(38)29(20-25-12-5-4-6-13-25)36(22-26-14-9-11-24(3)19-26)30(37)17-10-18-35-32(39)27-15-7-8-16-28(27)33(35)40/h4-9,11-16,19,23,29H,10,17-18,20-22H2,1-3H3,(H,34,38)/t29-/m1/s1. The maximum absolute atomic E-state index is 13.8. The molecule has 4 rings (SSSR count). The van der Waals surface area contributed by atoms with Gasteiger partial charge in [-0.15, -0.1) is 0 Å². The maximum Gasteiger partial charge on any atom is 0.261 e. The normalized spacial score (nSPS) is 13.3. The van der Waals surface area contributed by atoms with Gasteiger partial charge in [-0.2, -0.15) is 0 Å². The van der Waals surface area contributed by atoms with E-state index in [1.807, 2.05) is 75.4 Å². The molecule has 0 saturated heterocycles. The average Bonchev–Trinajstić information content (AvgIpc) is 3.19. The minimum Gasteiger partial charge on any atom is -0.354 e. The van der Waals surface area contributed by atoms with Crippen molar-refractivity contribution in [3.63, 3.8) is 0 Å². The van der Waals surface area contributed by atoms with Crippen molar-refractivity contribution in [3.05, 3.63) is 107 Å². The number of rotatable bonds is 12. The number of hydrogen-bond acceptors (Lipinski definition) is 4. The van der Waals surface area contributed by atoms with E-state index in [1.165, 1.54) is 4.90 Å². The van der Waals surface area contributed by atoms with Crippen LogP contribution in [0.2, 0.25) is 0 Å². The average molecular weight is 540 g/mol. The Hall–Kier alpha value is -4.26. The molecule has 1 aliphatic heterocycles. The summed E-state index contributed by atoms with van der Waals surface area (Å²) in [7, 11) is 0. The number of carbonyl (C=O) groups excluding carboxylic acids is 4. The highest BCUT2D eigenvalue weighted by molar-refractivity contribution is 6.21. The number of amides is 4. The van der Waals surface area contributed by atoms with Gasteiger partial charge in [-0.05, 0) is 42.5 Å². The molecule has 40 heavy (non-hydrogen) atoms. The molecular formula is C33H37N3O4. The van der Waals surface area contributed by atoms with Crippen molar-refractivity contribution >= 4 is 23.6 Å². The summed E-state index contributed by atoms with van der Waals surface area (Å²) in [5, 5.41) is 3.03. The van der Waals surface area contributed by atoms with Crippen molar-refractivity contribution < 1.29 is 19.2 Å². The summed E-state index contributed by atoms with van der Waals surface area (Å²) in [5.41, 5.74) is 3.75. The Bertz CT molecular complexity index is 1330. The summed E-state index contributed by atoms with van der Waals surface area (Å²) in [5.74, 6) is -0.793. The molecule has 3 aromatic carbocycles. The third-order valence-corrected chi connectivity index (χ3v) is 7.04. The quantitative estimate of drug-likeness (QED) is 0.336. The Morgan fingerprint density at radius 3 is 2.10 bits per heavy atom. The number of nitrogens with zero attached hydrogens (tertiary/aromatic N) is 2. The lowest BCUT2D eigenvalue weighted by Crippen LogP contribution is -2.51. The zero-order chi connectivity index (χ0) is 28.6. The van der Waals surface area contributed by atoms with Gasteiger partial charge in [0.1, 0.15) is 6.04 Å². The molecule has 0 radical (unpaired) electrons. The van der Waals surface area contributed by atoms with Crippen LogP contribution in [-0.2, 0) is 22.6 Å². The van der Waals surface area contributed by atoms with Crippen LogP contribution in [-0.4, -0.2) is 52.6 Å². The molecule has 0 fully saturated rings. The van der Waals surface area contributed by atoms with E-state index in [0.717, 1.165) is 16.7 Å². The van der Waals surface area contributed by atoms with Gasteiger partial charge in [-0.3, -0.25) is 24.1 Å². The molecule has 208 valence electrons. The largest absolute Gasteiger partial charge is 0.354 e. The first-order valence-corrected chi connectivity index (χ1v) is 13.9. The lowest BCUT2D eigenvalue weighted by molar-refractivity contribution is -0.141. The number of aryl methyl sites for hydroxylation is 1. The first kappa shape index (κ1) is 28.7. The van der Waals surface area contributed by atoms with E-state index in [4.69, 9.17) is 0 Å². The predicted octanol–water partition coefficient (Wildman–Crippen LogP) is 4.78. The Kier molecular flexibility index (Phi) is 9.48. The van der Waals surface area contributed by atoms with Crippen molar-refractivity contribution in [1.82, 2.24) is 15.1 Å². The number of hydrogen-bond donors (Lipinski definition) is 1. The predicted molar refractivity (Wildman–Crippen MR) is 155 cm³/mol. The molecule has 1 atom stereocenters. The topological polar surface area (TPSA) is 86.8 Å². The van der Waals surface area contributed by atoms with Crippen LogP contribution in [0, 0.1) is 12.8 Å². The van der Waals surface area contributed by atoms with Gasteiger partial charge >= 0.3 is 0 Å². The third kappa shape index (κ3) is 7.03. The molecule has 0 saturated carbocycles. The smallest absolute Gasteiger partial charge is 0.261 e. The van der Waals surface area contributed by atoms with Gasteiger partial charge in [0.25, 0.3) is 11.8 Å². The Labute approximate surface area is 236 Å². The van der Waals surface area contributed by atoms with Crippen LogP contribution in [0.1, 0.15) is 64.1 Å². The van der Waals surface area contributed by atoms with Crippen molar-refractivity contribution in [1.29, 1.82) is 0 Å². The van der Waals surface area contributed by atoms with Gasteiger partial charge in [0, 0.05) is 32.5 Å². The van der Waals surface area contributed by atoms with Gasteiger partial charge in [0.15, 0.2) is 0 Å². The van der Waals surface area contributed by atoms with Crippen LogP contribution in [0.15, 0.2) is 78.9 Å². The van der Waals surface area contributed by atoms with Crippen molar-refractivity contribution in [2.45, 2.75) is 52.6 Å². The van der Waals surface area contributed by atoms with E-state index in [1.54, 1.807) is 29.2 Å². The summed E-state index contributed by atoms with van der Waals surface area (Å²) in [4.78, 5) is 55.8. The highest BCUT2D eigenvalue weighted by Crippen LogP contribution is 2.23. The van der Waals surface area contributed by atoms with Gasteiger partial charge in [-0.25, -0.2) is 0 Å². The van der Waals surface area contributed by atoms with Gasteiger partial charge in [0.2, 0.25) is 11.8 Å². The van der Waals surface area contributed by atoms with Crippen LogP contribution in [0.3, 0.4) is 0 Å². The van der Waals surface area contributed by atoms with Crippen LogP contribution in [0.5, 0.6) is 0 Å². The molecule has 1 heterocycles. The van der Waals surface area contributed by atoms with Gasteiger partial charge in [-0.1, -0.05) is 86.1 Å². The van der Waals surface area contributed by atoms with Crippen molar-refractivity contribution in [2.24, 2.45) is 5.92 Å². The van der Waals surface area contributed by atoms with E-state index >= 15 is 0 Å². The second-order valence-corrected chi connectivity index (χ2v) is 10.8. The monoisotopic (exact) mass is 539 g/mol. The number of carbonyl (C=O) groups is 4.